The van der Waals surface area contributed by atoms with Crippen LogP contribution in [0.15, 0.2) is 72.8 Å². The van der Waals surface area contributed by atoms with Gasteiger partial charge in [-0.05, 0) is 61.9 Å². The molecule has 0 aliphatic heterocycles. The zero-order chi connectivity index (χ0) is 21.1. The highest BCUT2D eigenvalue weighted by atomic mass is 32.1. The van der Waals surface area contributed by atoms with E-state index in [4.69, 9.17) is 4.74 Å². The fraction of sp³-hybridized carbons (Fsp3) is 0.167. The van der Waals surface area contributed by atoms with Crippen LogP contribution in [0.25, 0.3) is 10.2 Å². The van der Waals surface area contributed by atoms with Crippen LogP contribution in [0.1, 0.15) is 29.8 Å². The van der Waals surface area contributed by atoms with Crippen molar-refractivity contribution in [3.05, 3.63) is 89.7 Å². The first-order valence-electron chi connectivity index (χ1n) is 9.68. The van der Waals surface area contributed by atoms with Crippen molar-refractivity contribution in [2.45, 2.75) is 26.5 Å². The van der Waals surface area contributed by atoms with Crippen molar-refractivity contribution in [3.63, 3.8) is 0 Å². The SMILES string of the molecule is CC(C)Oc1ccc(C(=O)N(Cc2ccccc2)c2nc3ccc(F)cc3s2)cc1. The molecule has 0 spiro atoms. The molecule has 6 heteroatoms. The van der Waals surface area contributed by atoms with Gasteiger partial charge in [-0.2, -0.15) is 0 Å². The van der Waals surface area contributed by atoms with Gasteiger partial charge in [-0.25, -0.2) is 9.37 Å². The van der Waals surface area contributed by atoms with Crippen LogP contribution in [0, 0.1) is 5.82 Å². The van der Waals surface area contributed by atoms with Crippen LogP contribution in [0.5, 0.6) is 5.75 Å². The number of benzene rings is 3. The van der Waals surface area contributed by atoms with E-state index in [1.165, 1.54) is 23.5 Å². The molecule has 0 saturated heterocycles. The van der Waals surface area contributed by atoms with Crippen LogP contribution in [0.4, 0.5) is 9.52 Å². The van der Waals surface area contributed by atoms with Gasteiger partial charge >= 0.3 is 0 Å². The van der Waals surface area contributed by atoms with Crippen molar-refractivity contribution in [2.75, 3.05) is 4.90 Å². The summed E-state index contributed by atoms with van der Waals surface area (Å²) in [6.45, 7) is 4.28. The normalized spacial score (nSPS) is 11.1. The first-order chi connectivity index (χ1) is 14.5. The minimum atomic E-state index is -0.320. The molecule has 152 valence electrons. The summed E-state index contributed by atoms with van der Waals surface area (Å²) in [7, 11) is 0. The minimum absolute atomic E-state index is 0.0595. The molecule has 0 aliphatic carbocycles. The molecule has 0 atom stereocenters. The quantitative estimate of drug-likeness (QED) is 0.380. The van der Waals surface area contributed by atoms with Gasteiger partial charge in [0.15, 0.2) is 5.13 Å². The number of nitrogens with zero attached hydrogens (tertiary/aromatic N) is 2. The van der Waals surface area contributed by atoms with Crippen molar-refractivity contribution >= 4 is 32.6 Å². The topological polar surface area (TPSA) is 42.4 Å². The molecule has 4 rings (SSSR count). The van der Waals surface area contributed by atoms with E-state index < -0.39 is 0 Å². The average molecular weight is 421 g/mol. The smallest absolute Gasteiger partial charge is 0.260 e. The molecule has 1 amide bonds. The first-order valence-corrected chi connectivity index (χ1v) is 10.5. The van der Waals surface area contributed by atoms with Gasteiger partial charge in [0.05, 0.1) is 22.9 Å². The summed E-state index contributed by atoms with van der Waals surface area (Å²) in [6.07, 6.45) is 0.0595. The maximum Gasteiger partial charge on any atom is 0.260 e. The Bertz CT molecular complexity index is 1160. The van der Waals surface area contributed by atoms with E-state index in [-0.39, 0.29) is 17.8 Å². The highest BCUT2D eigenvalue weighted by Gasteiger charge is 2.22. The fourth-order valence-corrected chi connectivity index (χ4v) is 4.09. The van der Waals surface area contributed by atoms with Crippen LogP contribution < -0.4 is 9.64 Å². The van der Waals surface area contributed by atoms with Gasteiger partial charge in [0, 0.05) is 5.56 Å². The Kier molecular flexibility index (Phi) is 5.77. The highest BCUT2D eigenvalue weighted by Crippen LogP contribution is 2.31. The number of fused-ring (bicyclic) bond motifs is 1. The molecule has 30 heavy (non-hydrogen) atoms. The second kappa shape index (κ2) is 8.63. The standard InChI is InChI=1S/C24H21FN2O2S/c1-16(2)29-20-11-8-18(9-12-20)23(28)27(15-17-6-4-3-5-7-17)24-26-21-13-10-19(25)14-22(21)30-24/h3-14,16H,15H2,1-2H3. The van der Waals surface area contributed by atoms with E-state index in [1.807, 2.05) is 44.2 Å². The van der Waals surface area contributed by atoms with Gasteiger partial charge in [-0.1, -0.05) is 41.7 Å². The summed E-state index contributed by atoms with van der Waals surface area (Å²) < 4.78 is 20.0. The number of carbonyl (C=O) groups is 1. The van der Waals surface area contributed by atoms with Crippen molar-refractivity contribution in [1.82, 2.24) is 4.98 Å². The fourth-order valence-electron chi connectivity index (χ4n) is 3.10. The summed E-state index contributed by atoms with van der Waals surface area (Å²) in [6, 6.07) is 21.3. The number of hydrogen-bond donors (Lipinski definition) is 0. The lowest BCUT2D eigenvalue weighted by molar-refractivity contribution is 0.0985. The number of anilines is 1. The first kappa shape index (κ1) is 20.0. The van der Waals surface area contributed by atoms with Crippen LogP contribution in [-0.4, -0.2) is 17.0 Å². The van der Waals surface area contributed by atoms with Crippen molar-refractivity contribution in [2.24, 2.45) is 0 Å². The summed E-state index contributed by atoms with van der Waals surface area (Å²) in [5.74, 6) is 0.223. The minimum Gasteiger partial charge on any atom is -0.491 e. The number of thiazole rings is 1. The summed E-state index contributed by atoms with van der Waals surface area (Å²) in [4.78, 5) is 19.6. The lowest BCUT2D eigenvalue weighted by atomic mass is 10.1. The Hall–Kier alpha value is -3.25. The molecule has 0 fully saturated rings. The predicted molar refractivity (Wildman–Crippen MR) is 119 cm³/mol. The maximum atomic E-state index is 13.6. The van der Waals surface area contributed by atoms with E-state index in [0.717, 1.165) is 5.56 Å². The molecular formula is C24H21FN2O2S. The third kappa shape index (κ3) is 4.49. The highest BCUT2D eigenvalue weighted by molar-refractivity contribution is 7.22. The molecular weight excluding hydrogens is 399 g/mol. The zero-order valence-corrected chi connectivity index (χ0v) is 17.5. The van der Waals surface area contributed by atoms with E-state index in [0.29, 0.717) is 33.2 Å². The second-order valence-electron chi connectivity index (χ2n) is 7.18. The number of aromatic nitrogens is 1. The largest absolute Gasteiger partial charge is 0.491 e. The molecule has 4 aromatic rings. The van der Waals surface area contributed by atoms with Crippen molar-refractivity contribution < 1.29 is 13.9 Å². The molecule has 3 aromatic carbocycles. The third-order valence-electron chi connectivity index (χ3n) is 4.47. The Labute approximate surface area is 178 Å². The Balaban J connectivity index is 1.69. The molecule has 4 nitrogen and oxygen atoms in total. The molecule has 0 saturated carbocycles. The Morgan fingerprint density at radius 1 is 1.07 bits per heavy atom. The van der Waals surface area contributed by atoms with Gasteiger partial charge in [0.1, 0.15) is 11.6 Å². The summed E-state index contributed by atoms with van der Waals surface area (Å²) >= 11 is 1.30. The van der Waals surface area contributed by atoms with Crippen molar-refractivity contribution in [3.8, 4) is 5.75 Å². The molecule has 0 aliphatic rings. The number of amides is 1. The number of ether oxygens (including phenoxy) is 1. The number of halogens is 1. The van der Waals surface area contributed by atoms with Gasteiger partial charge < -0.3 is 4.74 Å². The van der Waals surface area contributed by atoms with Gasteiger partial charge in [0.25, 0.3) is 5.91 Å². The van der Waals surface area contributed by atoms with Crippen LogP contribution in [-0.2, 0) is 6.54 Å². The molecule has 0 radical (unpaired) electrons. The molecule has 1 heterocycles. The van der Waals surface area contributed by atoms with E-state index in [9.17, 15) is 9.18 Å². The number of rotatable bonds is 6. The number of carbonyl (C=O) groups excluding carboxylic acids is 1. The molecule has 1 aromatic heterocycles. The molecule has 0 bridgehead atoms. The second-order valence-corrected chi connectivity index (χ2v) is 8.19. The maximum absolute atomic E-state index is 13.6. The summed E-state index contributed by atoms with van der Waals surface area (Å²) in [5.41, 5.74) is 2.19. The lowest BCUT2D eigenvalue weighted by Crippen LogP contribution is -2.30. The van der Waals surface area contributed by atoms with Crippen LogP contribution in [0.3, 0.4) is 0 Å². The van der Waals surface area contributed by atoms with Gasteiger partial charge in [-0.15, -0.1) is 0 Å². The number of hydrogen-bond acceptors (Lipinski definition) is 4. The van der Waals surface area contributed by atoms with E-state index >= 15 is 0 Å². The zero-order valence-electron chi connectivity index (χ0n) is 16.7. The van der Waals surface area contributed by atoms with Gasteiger partial charge in [-0.3, -0.25) is 9.69 Å². The predicted octanol–water partition coefficient (Wildman–Crippen LogP) is 6.07. The average Bonchev–Trinajstić information content (AvgIpc) is 3.15. The Morgan fingerprint density at radius 2 is 1.80 bits per heavy atom. The van der Waals surface area contributed by atoms with Crippen LogP contribution in [0.2, 0.25) is 0 Å². The Morgan fingerprint density at radius 3 is 2.50 bits per heavy atom. The molecule has 0 unspecified atom stereocenters. The van der Waals surface area contributed by atoms with E-state index in [1.54, 1.807) is 35.2 Å². The van der Waals surface area contributed by atoms with Gasteiger partial charge in [0.2, 0.25) is 0 Å². The third-order valence-corrected chi connectivity index (χ3v) is 5.51. The van der Waals surface area contributed by atoms with E-state index in [2.05, 4.69) is 4.98 Å². The van der Waals surface area contributed by atoms with Crippen molar-refractivity contribution in [1.29, 1.82) is 0 Å². The monoisotopic (exact) mass is 420 g/mol. The van der Waals surface area contributed by atoms with Crippen LogP contribution >= 0.6 is 11.3 Å². The molecule has 0 N–H and O–H groups in total. The summed E-state index contributed by atoms with van der Waals surface area (Å²) in [5, 5.41) is 0.534. The lowest BCUT2D eigenvalue weighted by Gasteiger charge is -2.20.